The van der Waals surface area contributed by atoms with Gasteiger partial charge < -0.3 is 15.2 Å². The number of aliphatic hydroxyl groups is 1. The van der Waals surface area contributed by atoms with Crippen molar-refractivity contribution in [3.05, 3.63) is 0 Å². The largest absolute Gasteiger partial charge is 0.396 e. The van der Waals surface area contributed by atoms with Crippen molar-refractivity contribution in [3.8, 4) is 0 Å². The van der Waals surface area contributed by atoms with Gasteiger partial charge in [0.05, 0.1) is 5.41 Å². The van der Waals surface area contributed by atoms with Crippen molar-refractivity contribution in [1.29, 1.82) is 0 Å². The molecule has 1 heterocycles. The minimum absolute atomic E-state index is 0.112. The van der Waals surface area contributed by atoms with Gasteiger partial charge in [0.15, 0.2) is 0 Å². The zero-order valence-electron chi connectivity index (χ0n) is 12.3. The maximum absolute atomic E-state index is 12.8. The molecule has 0 aromatic rings. The first-order chi connectivity index (χ1) is 9.72. The molecule has 1 unspecified atom stereocenters. The second-order valence-electron chi connectivity index (χ2n) is 6.93. The molecule has 4 heteroatoms. The first-order valence-electron chi connectivity index (χ1n) is 8.22. The number of hydrogen-bond acceptors (Lipinski definition) is 3. The summed E-state index contributed by atoms with van der Waals surface area (Å²) in [4.78, 5) is 12.8. The quantitative estimate of drug-likeness (QED) is 0.828. The third-order valence-corrected chi connectivity index (χ3v) is 5.89. The van der Waals surface area contributed by atoms with Crippen molar-refractivity contribution >= 4 is 5.91 Å². The third-order valence-electron chi connectivity index (χ3n) is 5.89. The lowest BCUT2D eigenvalue weighted by Gasteiger charge is -2.31. The molecule has 114 valence electrons. The van der Waals surface area contributed by atoms with E-state index in [2.05, 4.69) is 5.32 Å². The topological polar surface area (TPSA) is 58.6 Å². The van der Waals surface area contributed by atoms with Crippen LogP contribution in [-0.2, 0) is 9.53 Å². The molecule has 2 aliphatic carbocycles. The van der Waals surface area contributed by atoms with E-state index in [4.69, 9.17) is 4.74 Å². The Morgan fingerprint density at radius 3 is 2.55 bits per heavy atom. The standard InChI is InChI=1S/C16H27NO3/c18-9-6-16(12-15(16)7-10-20-11-8-15)14(19)17-13-4-2-1-3-5-13/h13,18H,1-12H2,(H,17,19). The lowest BCUT2D eigenvalue weighted by Crippen LogP contribution is -2.44. The molecule has 1 amide bonds. The van der Waals surface area contributed by atoms with Gasteiger partial charge in [-0.25, -0.2) is 0 Å². The van der Waals surface area contributed by atoms with Gasteiger partial charge in [-0.05, 0) is 43.9 Å². The van der Waals surface area contributed by atoms with Gasteiger partial charge in [-0.1, -0.05) is 19.3 Å². The number of hydrogen-bond donors (Lipinski definition) is 2. The average molecular weight is 281 g/mol. The predicted molar refractivity (Wildman–Crippen MR) is 76.3 cm³/mol. The number of carbonyl (C=O) groups excluding carboxylic acids is 1. The highest BCUT2D eigenvalue weighted by Crippen LogP contribution is 2.70. The van der Waals surface area contributed by atoms with Gasteiger partial charge in [-0.2, -0.15) is 0 Å². The van der Waals surface area contributed by atoms with E-state index < -0.39 is 0 Å². The van der Waals surface area contributed by atoms with Crippen LogP contribution in [0, 0.1) is 10.8 Å². The molecule has 4 nitrogen and oxygen atoms in total. The van der Waals surface area contributed by atoms with Gasteiger partial charge in [0.2, 0.25) is 5.91 Å². The van der Waals surface area contributed by atoms with E-state index in [-0.39, 0.29) is 23.3 Å². The second kappa shape index (κ2) is 5.64. The van der Waals surface area contributed by atoms with Crippen molar-refractivity contribution in [3.63, 3.8) is 0 Å². The molecule has 0 aromatic heterocycles. The smallest absolute Gasteiger partial charge is 0.227 e. The van der Waals surface area contributed by atoms with Gasteiger partial charge in [-0.15, -0.1) is 0 Å². The molecule has 3 fully saturated rings. The highest BCUT2D eigenvalue weighted by molar-refractivity contribution is 5.87. The van der Waals surface area contributed by atoms with E-state index in [0.29, 0.717) is 12.5 Å². The predicted octanol–water partition coefficient (Wildman–Crippen LogP) is 2.00. The van der Waals surface area contributed by atoms with E-state index in [1.165, 1.54) is 19.3 Å². The Bertz CT molecular complexity index is 359. The van der Waals surface area contributed by atoms with E-state index in [0.717, 1.165) is 45.3 Å². The third kappa shape index (κ3) is 2.37. The molecular formula is C16H27NO3. The SMILES string of the molecule is O=C(NC1CCCCC1)C1(CCO)CC12CCOCC2. The maximum Gasteiger partial charge on any atom is 0.227 e. The van der Waals surface area contributed by atoms with Gasteiger partial charge in [0, 0.05) is 25.9 Å². The molecule has 2 saturated carbocycles. The van der Waals surface area contributed by atoms with Crippen LogP contribution in [0.3, 0.4) is 0 Å². The Balaban J connectivity index is 1.66. The van der Waals surface area contributed by atoms with E-state index in [1.54, 1.807) is 0 Å². The van der Waals surface area contributed by atoms with E-state index >= 15 is 0 Å². The number of carbonyl (C=O) groups is 1. The molecule has 0 bridgehead atoms. The summed E-state index contributed by atoms with van der Waals surface area (Å²) in [6.07, 6.45) is 9.53. The van der Waals surface area contributed by atoms with Crippen LogP contribution in [0.1, 0.15) is 57.8 Å². The van der Waals surface area contributed by atoms with Gasteiger partial charge >= 0.3 is 0 Å². The van der Waals surface area contributed by atoms with Crippen LogP contribution in [0.5, 0.6) is 0 Å². The molecule has 3 rings (SSSR count). The summed E-state index contributed by atoms with van der Waals surface area (Å²) in [5, 5.41) is 12.7. The zero-order chi connectivity index (χ0) is 14.1. The molecule has 3 aliphatic rings. The first kappa shape index (κ1) is 14.3. The lowest BCUT2D eigenvalue weighted by atomic mass is 9.83. The Hall–Kier alpha value is -0.610. The maximum atomic E-state index is 12.8. The fourth-order valence-corrected chi connectivity index (χ4v) is 4.50. The summed E-state index contributed by atoms with van der Waals surface area (Å²) < 4.78 is 5.45. The van der Waals surface area contributed by atoms with Crippen LogP contribution < -0.4 is 5.32 Å². The molecule has 0 aromatic carbocycles. The van der Waals surface area contributed by atoms with Crippen LogP contribution >= 0.6 is 0 Å². The van der Waals surface area contributed by atoms with Crippen LogP contribution in [0.2, 0.25) is 0 Å². The fourth-order valence-electron chi connectivity index (χ4n) is 4.50. The molecular weight excluding hydrogens is 254 g/mol. The minimum Gasteiger partial charge on any atom is -0.396 e. The molecule has 2 N–H and O–H groups in total. The molecule has 1 atom stereocenters. The highest BCUT2D eigenvalue weighted by Gasteiger charge is 2.70. The summed E-state index contributed by atoms with van der Waals surface area (Å²) in [5.41, 5.74) is -0.185. The molecule has 20 heavy (non-hydrogen) atoms. The van der Waals surface area contributed by atoms with Crippen molar-refractivity contribution in [1.82, 2.24) is 5.32 Å². The second-order valence-corrected chi connectivity index (χ2v) is 6.93. The van der Waals surface area contributed by atoms with Gasteiger partial charge in [-0.3, -0.25) is 4.79 Å². The summed E-state index contributed by atoms with van der Waals surface area (Å²) in [7, 11) is 0. The van der Waals surface area contributed by atoms with Crippen molar-refractivity contribution in [2.24, 2.45) is 10.8 Å². The number of ether oxygens (including phenoxy) is 1. The van der Waals surface area contributed by atoms with Gasteiger partial charge in [0.1, 0.15) is 0 Å². The van der Waals surface area contributed by atoms with Crippen molar-refractivity contribution in [2.45, 2.75) is 63.8 Å². The van der Waals surface area contributed by atoms with Crippen LogP contribution in [0.4, 0.5) is 0 Å². The molecule has 1 spiro atoms. The number of aliphatic hydroxyl groups excluding tert-OH is 1. The van der Waals surface area contributed by atoms with Crippen LogP contribution in [0.25, 0.3) is 0 Å². The normalized spacial score (nSPS) is 33.0. The lowest BCUT2D eigenvalue weighted by molar-refractivity contribution is -0.130. The van der Waals surface area contributed by atoms with Crippen LogP contribution in [0.15, 0.2) is 0 Å². The number of nitrogens with one attached hydrogen (secondary N) is 1. The summed E-state index contributed by atoms with van der Waals surface area (Å²) in [6, 6.07) is 0.365. The van der Waals surface area contributed by atoms with Gasteiger partial charge in [0.25, 0.3) is 0 Å². The molecule has 1 aliphatic heterocycles. The average Bonchev–Trinajstić information content (AvgIpc) is 3.08. The summed E-state index contributed by atoms with van der Waals surface area (Å²) >= 11 is 0. The number of amides is 1. The summed E-state index contributed by atoms with van der Waals surface area (Å²) in [6.45, 7) is 1.65. The molecule has 1 saturated heterocycles. The Morgan fingerprint density at radius 2 is 1.90 bits per heavy atom. The van der Waals surface area contributed by atoms with E-state index in [9.17, 15) is 9.90 Å². The zero-order valence-corrected chi connectivity index (χ0v) is 12.3. The summed E-state index contributed by atoms with van der Waals surface area (Å²) in [5.74, 6) is 0.209. The monoisotopic (exact) mass is 281 g/mol. The van der Waals surface area contributed by atoms with Crippen LogP contribution in [-0.4, -0.2) is 36.9 Å². The van der Waals surface area contributed by atoms with Crippen molar-refractivity contribution in [2.75, 3.05) is 19.8 Å². The fraction of sp³-hybridized carbons (Fsp3) is 0.938. The Kier molecular flexibility index (Phi) is 4.04. The molecule has 0 radical (unpaired) electrons. The first-order valence-corrected chi connectivity index (χ1v) is 8.22. The highest BCUT2D eigenvalue weighted by atomic mass is 16.5. The number of rotatable bonds is 4. The Labute approximate surface area is 121 Å². The van der Waals surface area contributed by atoms with Crippen molar-refractivity contribution < 1.29 is 14.6 Å². The Morgan fingerprint density at radius 1 is 1.20 bits per heavy atom. The minimum atomic E-state index is -0.303. The van der Waals surface area contributed by atoms with E-state index in [1.807, 2.05) is 0 Å².